The van der Waals surface area contributed by atoms with Crippen molar-refractivity contribution < 1.29 is 0 Å². The summed E-state index contributed by atoms with van der Waals surface area (Å²) in [5, 5.41) is 14.6. The van der Waals surface area contributed by atoms with Crippen LogP contribution >= 0.6 is 22.9 Å². The van der Waals surface area contributed by atoms with Crippen molar-refractivity contribution in [3.63, 3.8) is 0 Å². The van der Waals surface area contributed by atoms with Gasteiger partial charge in [-0.05, 0) is 32.9 Å². The SMILES string of the molecule is CC(C)(C)NCCc1nnc(-c2ccc(Cl)cc2)s1. The predicted octanol–water partition coefficient (Wildman–Crippen LogP) is 3.79. The first-order valence-electron chi connectivity index (χ1n) is 6.27. The van der Waals surface area contributed by atoms with Crippen molar-refractivity contribution in [1.29, 1.82) is 0 Å². The van der Waals surface area contributed by atoms with Gasteiger partial charge in [0.1, 0.15) is 10.0 Å². The standard InChI is InChI=1S/C14H18ClN3S/c1-14(2,3)16-9-8-12-17-18-13(19-12)10-4-6-11(15)7-5-10/h4-7,16H,8-9H2,1-3H3. The summed E-state index contributed by atoms with van der Waals surface area (Å²) in [5.74, 6) is 0. The van der Waals surface area contributed by atoms with E-state index in [1.54, 1.807) is 11.3 Å². The highest BCUT2D eigenvalue weighted by Crippen LogP contribution is 2.24. The molecule has 0 aliphatic heterocycles. The van der Waals surface area contributed by atoms with Crippen LogP contribution in [0.25, 0.3) is 10.6 Å². The molecule has 3 nitrogen and oxygen atoms in total. The summed E-state index contributed by atoms with van der Waals surface area (Å²) in [7, 11) is 0. The van der Waals surface area contributed by atoms with E-state index in [-0.39, 0.29) is 5.54 Å². The summed E-state index contributed by atoms with van der Waals surface area (Å²) in [4.78, 5) is 0. The van der Waals surface area contributed by atoms with Crippen LogP contribution in [0.3, 0.4) is 0 Å². The Balaban J connectivity index is 1.97. The van der Waals surface area contributed by atoms with Crippen molar-refractivity contribution in [2.24, 2.45) is 0 Å². The molecule has 0 unspecified atom stereocenters. The van der Waals surface area contributed by atoms with Crippen molar-refractivity contribution in [2.75, 3.05) is 6.54 Å². The Bertz CT molecular complexity index is 528. The monoisotopic (exact) mass is 295 g/mol. The van der Waals surface area contributed by atoms with E-state index in [4.69, 9.17) is 11.6 Å². The van der Waals surface area contributed by atoms with Gasteiger partial charge in [-0.15, -0.1) is 10.2 Å². The number of rotatable bonds is 4. The number of benzene rings is 1. The zero-order chi connectivity index (χ0) is 13.9. The van der Waals surface area contributed by atoms with Gasteiger partial charge < -0.3 is 5.32 Å². The largest absolute Gasteiger partial charge is 0.312 e. The molecule has 102 valence electrons. The van der Waals surface area contributed by atoms with Crippen LogP contribution in [-0.2, 0) is 6.42 Å². The zero-order valence-electron chi connectivity index (χ0n) is 11.4. The fraction of sp³-hybridized carbons (Fsp3) is 0.429. The lowest BCUT2D eigenvalue weighted by atomic mass is 10.1. The lowest BCUT2D eigenvalue weighted by molar-refractivity contribution is 0.429. The third-order valence-corrected chi connectivity index (χ3v) is 3.84. The number of nitrogens with zero attached hydrogens (tertiary/aromatic N) is 2. The molecule has 0 saturated heterocycles. The molecule has 0 amide bonds. The summed E-state index contributed by atoms with van der Waals surface area (Å²) < 4.78 is 0. The number of aromatic nitrogens is 2. The van der Waals surface area contributed by atoms with E-state index in [0.29, 0.717) is 0 Å². The zero-order valence-corrected chi connectivity index (χ0v) is 13.0. The minimum Gasteiger partial charge on any atom is -0.312 e. The normalized spacial score (nSPS) is 11.8. The minimum atomic E-state index is 0.143. The van der Waals surface area contributed by atoms with Crippen molar-refractivity contribution in [3.8, 4) is 10.6 Å². The molecule has 0 aliphatic rings. The van der Waals surface area contributed by atoms with Crippen molar-refractivity contribution in [1.82, 2.24) is 15.5 Å². The lowest BCUT2D eigenvalue weighted by Crippen LogP contribution is -2.37. The van der Waals surface area contributed by atoms with Gasteiger partial charge in [0, 0.05) is 29.1 Å². The molecule has 0 saturated carbocycles. The molecular formula is C14H18ClN3S. The van der Waals surface area contributed by atoms with Crippen LogP contribution in [0.15, 0.2) is 24.3 Å². The Morgan fingerprint density at radius 2 is 1.84 bits per heavy atom. The molecule has 0 radical (unpaired) electrons. The van der Waals surface area contributed by atoms with Crippen LogP contribution in [0.5, 0.6) is 0 Å². The Labute approximate surface area is 123 Å². The van der Waals surface area contributed by atoms with Gasteiger partial charge in [0.25, 0.3) is 0 Å². The van der Waals surface area contributed by atoms with Gasteiger partial charge >= 0.3 is 0 Å². The Morgan fingerprint density at radius 3 is 2.47 bits per heavy atom. The minimum absolute atomic E-state index is 0.143. The van der Waals surface area contributed by atoms with Gasteiger partial charge in [-0.3, -0.25) is 0 Å². The van der Waals surface area contributed by atoms with Crippen LogP contribution in [-0.4, -0.2) is 22.3 Å². The maximum absolute atomic E-state index is 5.87. The highest BCUT2D eigenvalue weighted by atomic mass is 35.5. The molecule has 1 N–H and O–H groups in total. The number of hydrogen-bond acceptors (Lipinski definition) is 4. The van der Waals surface area contributed by atoms with E-state index >= 15 is 0 Å². The summed E-state index contributed by atoms with van der Waals surface area (Å²) in [5.41, 5.74) is 1.21. The van der Waals surface area contributed by atoms with Gasteiger partial charge in [-0.1, -0.05) is 35.1 Å². The summed E-state index contributed by atoms with van der Waals surface area (Å²) >= 11 is 7.51. The third kappa shape index (κ3) is 4.56. The van der Waals surface area contributed by atoms with E-state index in [0.717, 1.165) is 33.6 Å². The van der Waals surface area contributed by atoms with Gasteiger partial charge in [0.2, 0.25) is 0 Å². The van der Waals surface area contributed by atoms with E-state index in [1.807, 2.05) is 24.3 Å². The molecule has 0 spiro atoms. The van der Waals surface area contributed by atoms with Crippen LogP contribution in [0, 0.1) is 0 Å². The molecule has 2 rings (SSSR count). The molecule has 5 heteroatoms. The van der Waals surface area contributed by atoms with Gasteiger partial charge in [0.05, 0.1) is 0 Å². The summed E-state index contributed by atoms with van der Waals surface area (Å²) in [6, 6.07) is 7.69. The Hall–Kier alpha value is -0.970. The van der Waals surface area contributed by atoms with E-state index in [1.165, 1.54) is 0 Å². The first kappa shape index (κ1) is 14.4. The molecule has 19 heavy (non-hydrogen) atoms. The highest BCUT2D eigenvalue weighted by molar-refractivity contribution is 7.14. The molecule has 0 aliphatic carbocycles. The number of nitrogens with one attached hydrogen (secondary N) is 1. The fourth-order valence-electron chi connectivity index (χ4n) is 1.61. The average molecular weight is 296 g/mol. The maximum Gasteiger partial charge on any atom is 0.147 e. The topological polar surface area (TPSA) is 37.8 Å². The van der Waals surface area contributed by atoms with Crippen molar-refractivity contribution in [2.45, 2.75) is 32.7 Å². The van der Waals surface area contributed by atoms with Gasteiger partial charge in [-0.2, -0.15) is 0 Å². The van der Waals surface area contributed by atoms with Crippen LogP contribution in [0.4, 0.5) is 0 Å². The smallest absolute Gasteiger partial charge is 0.147 e. The molecular weight excluding hydrogens is 278 g/mol. The van der Waals surface area contributed by atoms with Crippen LogP contribution in [0.1, 0.15) is 25.8 Å². The Kier molecular flexibility index (Phi) is 4.55. The first-order valence-corrected chi connectivity index (χ1v) is 7.47. The summed E-state index contributed by atoms with van der Waals surface area (Å²) in [6.07, 6.45) is 0.905. The fourth-order valence-corrected chi connectivity index (χ4v) is 2.58. The van der Waals surface area contributed by atoms with E-state index < -0.39 is 0 Å². The highest BCUT2D eigenvalue weighted by Gasteiger charge is 2.10. The van der Waals surface area contributed by atoms with Gasteiger partial charge in [-0.25, -0.2) is 0 Å². The summed E-state index contributed by atoms with van der Waals surface area (Å²) in [6.45, 7) is 7.39. The second kappa shape index (κ2) is 5.99. The van der Waals surface area contributed by atoms with Gasteiger partial charge in [0.15, 0.2) is 0 Å². The second-order valence-corrected chi connectivity index (χ2v) is 6.93. The van der Waals surface area contributed by atoms with Crippen LogP contribution in [0.2, 0.25) is 5.02 Å². The Morgan fingerprint density at radius 1 is 1.16 bits per heavy atom. The third-order valence-electron chi connectivity index (χ3n) is 2.55. The molecule has 0 bridgehead atoms. The molecule has 2 aromatic rings. The average Bonchev–Trinajstić information content (AvgIpc) is 2.77. The number of halogens is 1. The number of hydrogen-bond donors (Lipinski definition) is 1. The van der Waals surface area contributed by atoms with E-state index in [2.05, 4.69) is 36.3 Å². The van der Waals surface area contributed by atoms with Crippen molar-refractivity contribution in [3.05, 3.63) is 34.3 Å². The van der Waals surface area contributed by atoms with E-state index in [9.17, 15) is 0 Å². The second-order valence-electron chi connectivity index (χ2n) is 5.43. The molecule has 1 aromatic heterocycles. The quantitative estimate of drug-likeness (QED) is 0.932. The molecule has 0 fully saturated rings. The maximum atomic E-state index is 5.87. The first-order chi connectivity index (χ1) is 8.94. The van der Waals surface area contributed by atoms with Crippen LogP contribution < -0.4 is 5.32 Å². The molecule has 1 aromatic carbocycles. The molecule has 1 heterocycles. The predicted molar refractivity (Wildman–Crippen MR) is 81.8 cm³/mol. The van der Waals surface area contributed by atoms with Crippen molar-refractivity contribution >= 4 is 22.9 Å². The molecule has 0 atom stereocenters. The lowest BCUT2D eigenvalue weighted by Gasteiger charge is -2.19.